The van der Waals surface area contributed by atoms with Crippen LogP contribution in [0.3, 0.4) is 0 Å². The van der Waals surface area contributed by atoms with Gasteiger partial charge in [0.05, 0.1) is 11.7 Å². The van der Waals surface area contributed by atoms with Crippen molar-refractivity contribution in [2.24, 2.45) is 0 Å². The molecule has 0 saturated carbocycles. The molecule has 3 rings (SSSR count). The average molecular weight is 335 g/mol. The van der Waals surface area contributed by atoms with Crippen LogP contribution in [0.5, 0.6) is 0 Å². The quantitative estimate of drug-likeness (QED) is 0.930. The number of aromatic nitrogens is 1. The second-order valence-corrected chi connectivity index (χ2v) is 6.25. The molecule has 122 valence electrons. The van der Waals surface area contributed by atoms with Gasteiger partial charge in [0.15, 0.2) is 0 Å². The number of benzene rings is 1. The van der Waals surface area contributed by atoms with Crippen LogP contribution in [0.1, 0.15) is 48.4 Å². The van der Waals surface area contributed by atoms with Gasteiger partial charge in [-0.15, -0.1) is 0 Å². The van der Waals surface area contributed by atoms with Crippen LogP contribution in [0.2, 0.25) is 5.02 Å². The van der Waals surface area contributed by atoms with E-state index in [1.807, 2.05) is 0 Å². The number of hydrogen-bond donors (Lipinski definition) is 1. The van der Waals surface area contributed by atoms with Gasteiger partial charge in [0.25, 0.3) is 5.91 Å². The zero-order valence-electron chi connectivity index (χ0n) is 13.0. The Morgan fingerprint density at radius 2 is 1.91 bits per heavy atom. The second kappa shape index (κ2) is 6.72. The number of aliphatic hydroxyl groups excluding tert-OH is 1. The first kappa shape index (κ1) is 16.0. The zero-order chi connectivity index (χ0) is 16.4. The molecule has 1 atom stereocenters. The maximum absolute atomic E-state index is 12.7. The van der Waals surface area contributed by atoms with Crippen LogP contribution in [0, 0.1) is 0 Å². The molecular weight excluding hydrogens is 316 g/mol. The minimum atomic E-state index is -0.851. The van der Waals surface area contributed by atoms with Crippen LogP contribution in [-0.4, -0.2) is 34.2 Å². The second-order valence-electron chi connectivity index (χ2n) is 5.81. The number of hydrogen-bond acceptors (Lipinski definition) is 4. The summed E-state index contributed by atoms with van der Waals surface area (Å²) in [5.74, 6) is -0.0693. The van der Waals surface area contributed by atoms with Crippen molar-refractivity contribution in [3.8, 4) is 11.3 Å². The molecule has 2 aromatic rings. The van der Waals surface area contributed by atoms with Crippen LogP contribution < -0.4 is 0 Å². The Morgan fingerprint density at radius 3 is 2.52 bits per heavy atom. The number of aliphatic hydroxyl groups is 1. The summed E-state index contributed by atoms with van der Waals surface area (Å²) in [6, 6.07) is 7.06. The Labute approximate surface area is 139 Å². The first-order chi connectivity index (χ1) is 11.1. The maximum Gasteiger partial charge on any atom is 0.292 e. The van der Waals surface area contributed by atoms with Gasteiger partial charge in [-0.1, -0.05) is 28.9 Å². The van der Waals surface area contributed by atoms with Gasteiger partial charge in [0, 0.05) is 23.7 Å². The van der Waals surface area contributed by atoms with Crippen LogP contribution in [0.15, 0.2) is 28.8 Å². The van der Waals surface area contributed by atoms with Crippen molar-refractivity contribution in [2.75, 3.05) is 13.1 Å². The summed E-state index contributed by atoms with van der Waals surface area (Å²) in [6.45, 7) is 3.04. The third-order valence-corrected chi connectivity index (χ3v) is 4.35. The number of amides is 1. The number of halogens is 1. The van der Waals surface area contributed by atoms with Crippen LogP contribution in [0.4, 0.5) is 0 Å². The molecular formula is C17H19ClN2O3. The Balaban J connectivity index is 1.98. The standard InChI is InChI=1S/C17H19ClN2O3/c1-11(21)14-15(12-5-7-13(18)8-6-12)19-23-16(14)17(22)20-9-3-2-4-10-20/h5-8,11,21H,2-4,9-10H2,1H3. The molecule has 1 aromatic carbocycles. The number of piperidine rings is 1. The first-order valence-corrected chi connectivity index (χ1v) is 8.18. The molecule has 1 N–H and O–H groups in total. The molecule has 1 aliphatic heterocycles. The maximum atomic E-state index is 12.7. The highest BCUT2D eigenvalue weighted by atomic mass is 35.5. The van der Waals surface area contributed by atoms with E-state index in [0.717, 1.165) is 37.9 Å². The van der Waals surface area contributed by atoms with Crippen LogP contribution in [0.25, 0.3) is 11.3 Å². The van der Waals surface area contributed by atoms with Gasteiger partial charge >= 0.3 is 0 Å². The molecule has 1 fully saturated rings. The van der Waals surface area contributed by atoms with Gasteiger partial charge < -0.3 is 14.5 Å². The molecule has 2 heterocycles. The van der Waals surface area contributed by atoms with Gasteiger partial charge in [-0.2, -0.15) is 0 Å². The number of carbonyl (C=O) groups is 1. The summed E-state index contributed by atoms with van der Waals surface area (Å²) >= 11 is 5.90. The van der Waals surface area contributed by atoms with E-state index in [-0.39, 0.29) is 11.7 Å². The van der Waals surface area contributed by atoms with Gasteiger partial charge in [-0.3, -0.25) is 4.79 Å². The van der Waals surface area contributed by atoms with Gasteiger partial charge in [0.2, 0.25) is 5.76 Å². The molecule has 5 nitrogen and oxygen atoms in total. The number of likely N-dealkylation sites (tertiary alicyclic amines) is 1. The predicted octanol–water partition coefficient (Wildman–Crippen LogP) is 3.67. The molecule has 23 heavy (non-hydrogen) atoms. The fraction of sp³-hybridized carbons (Fsp3) is 0.412. The minimum absolute atomic E-state index is 0.131. The lowest BCUT2D eigenvalue weighted by atomic mass is 10.0. The smallest absolute Gasteiger partial charge is 0.292 e. The summed E-state index contributed by atoms with van der Waals surface area (Å²) in [5.41, 5.74) is 1.67. The SMILES string of the molecule is CC(O)c1c(-c2ccc(Cl)cc2)noc1C(=O)N1CCCCC1. The van der Waals surface area contributed by atoms with Crippen molar-refractivity contribution in [3.05, 3.63) is 40.6 Å². The van der Waals surface area contributed by atoms with E-state index < -0.39 is 6.10 Å². The van der Waals surface area contributed by atoms with Crippen LogP contribution >= 0.6 is 11.6 Å². The molecule has 0 radical (unpaired) electrons. The lowest BCUT2D eigenvalue weighted by Crippen LogP contribution is -2.36. The molecule has 0 spiro atoms. The Bertz CT molecular complexity index is 688. The minimum Gasteiger partial charge on any atom is -0.388 e. The summed E-state index contributed by atoms with van der Waals surface area (Å²) in [6.07, 6.45) is 2.28. The van der Waals surface area contributed by atoms with Crippen molar-refractivity contribution in [2.45, 2.75) is 32.3 Å². The van der Waals surface area contributed by atoms with E-state index in [9.17, 15) is 9.90 Å². The van der Waals surface area contributed by atoms with Crippen molar-refractivity contribution < 1.29 is 14.4 Å². The molecule has 1 aromatic heterocycles. The fourth-order valence-electron chi connectivity index (χ4n) is 2.90. The Hall–Kier alpha value is -1.85. The van der Waals surface area contributed by atoms with Gasteiger partial charge in [-0.05, 0) is 38.3 Å². The summed E-state index contributed by atoms with van der Waals surface area (Å²) in [7, 11) is 0. The molecule has 1 aliphatic rings. The predicted molar refractivity (Wildman–Crippen MR) is 87.3 cm³/mol. The lowest BCUT2D eigenvalue weighted by Gasteiger charge is -2.26. The molecule has 0 aliphatic carbocycles. The number of carbonyl (C=O) groups excluding carboxylic acids is 1. The lowest BCUT2D eigenvalue weighted by molar-refractivity contribution is 0.0674. The van der Waals surface area contributed by atoms with E-state index in [1.54, 1.807) is 36.1 Å². The summed E-state index contributed by atoms with van der Waals surface area (Å²) < 4.78 is 5.32. The van der Waals surface area contributed by atoms with E-state index in [4.69, 9.17) is 16.1 Å². The van der Waals surface area contributed by atoms with E-state index in [2.05, 4.69) is 5.16 Å². The van der Waals surface area contributed by atoms with E-state index in [1.165, 1.54) is 0 Å². The van der Waals surface area contributed by atoms with Gasteiger partial charge in [-0.25, -0.2) is 0 Å². The van der Waals surface area contributed by atoms with Crippen molar-refractivity contribution in [1.29, 1.82) is 0 Å². The zero-order valence-corrected chi connectivity index (χ0v) is 13.7. The highest BCUT2D eigenvalue weighted by Crippen LogP contribution is 2.32. The average Bonchev–Trinajstić information content (AvgIpc) is 3.01. The Kier molecular flexibility index (Phi) is 4.68. The number of rotatable bonds is 3. The van der Waals surface area contributed by atoms with Crippen LogP contribution in [-0.2, 0) is 0 Å². The molecule has 1 saturated heterocycles. The first-order valence-electron chi connectivity index (χ1n) is 7.81. The molecule has 0 bridgehead atoms. The molecule has 6 heteroatoms. The summed E-state index contributed by atoms with van der Waals surface area (Å²) in [5, 5.41) is 14.8. The largest absolute Gasteiger partial charge is 0.388 e. The van der Waals surface area contributed by atoms with Gasteiger partial charge in [0.1, 0.15) is 5.69 Å². The summed E-state index contributed by atoms with van der Waals surface area (Å²) in [4.78, 5) is 14.4. The fourth-order valence-corrected chi connectivity index (χ4v) is 3.02. The highest BCUT2D eigenvalue weighted by Gasteiger charge is 2.30. The third-order valence-electron chi connectivity index (χ3n) is 4.10. The third kappa shape index (κ3) is 3.26. The number of nitrogens with zero attached hydrogens (tertiary/aromatic N) is 2. The topological polar surface area (TPSA) is 66.6 Å². The molecule has 1 amide bonds. The Morgan fingerprint density at radius 1 is 1.26 bits per heavy atom. The van der Waals surface area contributed by atoms with E-state index in [0.29, 0.717) is 16.3 Å². The highest BCUT2D eigenvalue weighted by molar-refractivity contribution is 6.30. The molecule has 1 unspecified atom stereocenters. The monoisotopic (exact) mass is 334 g/mol. The van der Waals surface area contributed by atoms with Crippen molar-refractivity contribution in [3.63, 3.8) is 0 Å². The van der Waals surface area contributed by atoms with E-state index >= 15 is 0 Å². The normalized spacial score (nSPS) is 16.4. The van der Waals surface area contributed by atoms with Crippen molar-refractivity contribution >= 4 is 17.5 Å². The van der Waals surface area contributed by atoms with Crippen molar-refractivity contribution in [1.82, 2.24) is 10.1 Å².